The molecule has 37 heavy (non-hydrogen) atoms. The lowest BCUT2D eigenvalue weighted by molar-refractivity contribution is -0.144. The van der Waals surface area contributed by atoms with Gasteiger partial charge in [0.2, 0.25) is 0 Å². The second-order valence-electron chi connectivity index (χ2n) is 7.50. The van der Waals surface area contributed by atoms with Gasteiger partial charge in [-0.15, -0.1) is 0 Å². The van der Waals surface area contributed by atoms with Gasteiger partial charge in [-0.2, -0.15) is 0 Å². The average molecular weight is 545 g/mol. The summed E-state index contributed by atoms with van der Waals surface area (Å²) in [5.74, 6) is -4.48. The molecule has 0 fully saturated rings. The Hall–Kier alpha value is -2.44. The zero-order valence-corrected chi connectivity index (χ0v) is 20.5. The number of hydrogen-bond donors (Lipinski definition) is 4. The van der Waals surface area contributed by atoms with Gasteiger partial charge in [-0.05, 0) is 0 Å². The fourth-order valence-corrected chi connectivity index (χ4v) is 2.51. The third kappa shape index (κ3) is 23.7. The van der Waals surface area contributed by atoms with E-state index in [9.17, 15) is 19.2 Å². The molecule has 0 atom stereocenters. The molecule has 0 bridgehead atoms. The third-order valence-electron chi connectivity index (χ3n) is 4.02. The van der Waals surface area contributed by atoms with Crippen molar-refractivity contribution in [3.05, 3.63) is 0 Å². The topological polar surface area (TPSA) is 223 Å². The molecule has 0 saturated heterocycles. The van der Waals surface area contributed by atoms with Gasteiger partial charge < -0.3 is 58.3 Å². The number of aliphatic carboxylic acids is 4. The van der Waals surface area contributed by atoms with Crippen molar-refractivity contribution >= 4 is 23.9 Å². The number of carboxylic acids is 4. The maximum Gasteiger partial charge on any atom is 0.329 e. The molecule has 16 heteroatoms. The lowest BCUT2D eigenvalue weighted by Gasteiger charge is -2.33. The van der Waals surface area contributed by atoms with Crippen LogP contribution < -0.4 is 0 Å². The van der Waals surface area contributed by atoms with Gasteiger partial charge in [0, 0.05) is 0 Å². The van der Waals surface area contributed by atoms with Gasteiger partial charge in [-0.25, -0.2) is 19.2 Å². The van der Waals surface area contributed by atoms with E-state index < -0.39 is 55.7 Å². The summed E-state index contributed by atoms with van der Waals surface area (Å²) in [6.07, 6.45) is 0. The first-order valence-electron chi connectivity index (χ1n) is 11.2. The Morgan fingerprint density at radius 3 is 0.757 bits per heavy atom. The fourth-order valence-electron chi connectivity index (χ4n) is 2.51. The first kappa shape index (κ1) is 34.6. The predicted molar refractivity (Wildman–Crippen MR) is 120 cm³/mol. The molecule has 0 aromatic rings. The van der Waals surface area contributed by atoms with Crippen LogP contribution in [0, 0.1) is 5.41 Å². The monoisotopic (exact) mass is 544 g/mol. The summed E-state index contributed by atoms with van der Waals surface area (Å²) in [4.78, 5) is 42.2. The maximum atomic E-state index is 10.5. The van der Waals surface area contributed by atoms with E-state index in [4.69, 9.17) is 58.3 Å². The highest BCUT2D eigenvalue weighted by Crippen LogP contribution is 2.21. The summed E-state index contributed by atoms with van der Waals surface area (Å²) >= 11 is 0. The van der Waals surface area contributed by atoms with E-state index in [1.54, 1.807) is 0 Å². The molecular weight excluding hydrogens is 508 g/mol. The third-order valence-corrected chi connectivity index (χ3v) is 4.02. The van der Waals surface area contributed by atoms with Gasteiger partial charge in [0.15, 0.2) is 0 Å². The normalized spacial score (nSPS) is 11.5. The second kappa shape index (κ2) is 22.7. The van der Waals surface area contributed by atoms with E-state index in [1.165, 1.54) is 0 Å². The Morgan fingerprint density at radius 2 is 0.568 bits per heavy atom. The van der Waals surface area contributed by atoms with E-state index in [1.807, 2.05) is 0 Å². The Bertz CT molecular complexity index is 531. The summed E-state index contributed by atoms with van der Waals surface area (Å²) in [7, 11) is 0. The molecule has 0 saturated carbocycles. The summed E-state index contributed by atoms with van der Waals surface area (Å²) in [6, 6.07) is 0. The molecule has 0 aliphatic carbocycles. The van der Waals surface area contributed by atoms with Crippen molar-refractivity contribution < 1.29 is 77.5 Å². The van der Waals surface area contributed by atoms with E-state index >= 15 is 0 Å². The van der Waals surface area contributed by atoms with Crippen LogP contribution in [0.25, 0.3) is 0 Å². The fraction of sp³-hybridized carbons (Fsp3) is 0.810. The summed E-state index contributed by atoms with van der Waals surface area (Å²) in [5.41, 5.74) is -0.917. The highest BCUT2D eigenvalue weighted by molar-refractivity contribution is 5.68. The Labute approximate surface area is 213 Å². The minimum Gasteiger partial charge on any atom is -0.480 e. The average Bonchev–Trinajstić information content (AvgIpc) is 2.82. The molecular formula is C21H36O16. The molecule has 0 aliphatic rings. The number of hydrogen-bond acceptors (Lipinski definition) is 12. The number of carbonyl (C=O) groups is 4. The van der Waals surface area contributed by atoms with Crippen LogP contribution in [-0.4, -0.2) is 150 Å². The molecule has 0 aromatic carbocycles. The van der Waals surface area contributed by atoms with Crippen molar-refractivity contribution in [1.29, 1.82) is 0 Å². The van der Waals surface area contributed by atoms with E-state index in [0.717, 1.165) is 0 Å². The quantitative estimate of drug-likeness (QED) is 0.0818. The standard InChI is InChI=1S/C21H36O16/c22-17(23)9-30-1-5-34-13-21(14-35-6-2-31-10-18(24)25,15-36-7-3-32-11-19(26)27)16-37-8-4-33-12-20(28)29/h1-16H2,(H,22,23)(H,24,25)(H,26,27)(H,28,29). The van der Waals surface area contributed by atoms with E-state index in [0.29, 0.717) is 0 Å². The maximum absolute atomic E-state index is 10.5. The number of carboxylic acid groups (broad SMARTS) is 4. The molecule has 4 N–H and O–H groups in total. The summed E-state index contributed by atoms with van der Waals surface area (Å²) < 4.78 is 42.2. The van der Waals surface area contributed by atoms with Crippen LogP contribution in [-0.2, 0) is 57.1 Å². The van der Waals surface area contributed by atoms with Crippen LogP contribution in [0.4, 0.5) is 0 Å². The van der Waals surface area contributed by atoms with Gasteiger partial charge in [-0.3, -0.25) is 0 Å². The molecule has 0 spiro atoms. The van der Waals surface area contributed by atoms with Crippen molar-refractivity contribution in [2.45, 2.75) is 0 Å². The minimum atomic E-state index is -1.12. The van der Waals surface area contributed by atoms with Gasteiger partial charge in [0.05, 0.1) is 84.7 Å². The molecule has 0 amide bonds. The van der Waals surface area contributed by atoms with Crippen molar-refractivity contribution in [3.63, 3.8) is 0 Å². The Balaban J connectivity index is 4.94. The molecule has 16 nitrogen and oxygen atoms in total. The van der Waals surface area contributed by atoms with Crippen molar-refractivity contribution in [1.82, 2.24) is 0 Å². The van der Waals surface area contributed by atoms with Gasteiger partial charge in [0.1, 0.15) is 26.4 Å². The predicted octanol–water partition coefficient (Wildman–Crippen LogP) is -1.56. The Kier molecular flexibility index (Phi) is 21.2. The Morgan fingerprint density at radius 1 is 0.378 bits per heavy atom. The first-order valence-corrected chi connectivity index (χ1v) is 11.2. The van der Waals surface area contributed by atoms with Gasteiger partial charge in [0.25, 0.3) is 0 Å². The molecule has 216 valence electrons. The van der Waals surface area contributed by atoms with Crippen molar-refractivity contribution in [2.24, 2.45) is 5.41 Å². The molecule has 0 radical (unpaired) electrons. The summed E-state index contributed by atoms with van der Waals surface area (Å²) in [5, 5.41) is 34.5. The van der Waals surface area contributed by atoms with E-state index in [-0.39, 0.29) is 79.3 Å². The van der Waals surface area contributed by atoms with Crippen LogP contribution in [0.1, 0.15) is 0 Å². The van der Waals surface area contributed by atoms with Crippen LogP contribution in [0.3, 0.4) is 0 Å². The molecule has 0 aromatic heterocycles. The van der Waals surface area contributed by atoms with Crippen LogP contribution in [0.15, 0.2) is 0 Å². The first-order chi connectivity index (χ1) is 17.7. The smallest absolute Gasteiger partial charge is 0.329 e. The van der Waals surface area contributed by atoms with Crippen molar-refractivity contribution in [3.8, 4) is 0 Å². The zero-order valence-electron chi connectivity index (χ0n) is 20.5. The van der Waals surface area contributed by atoms with Crippen LogP contribution in [0.2, 0.25) is 0 Å². The molecule has 0 rings (SSSR count). The molecule has 0 heterocycles. The number of ether oxygens (including phenoxy) is 8. The lowest BCUT2D eigenvalue weighted by atomic mass is 9.92. The van der Waals surface area contributed by atoms with Gasteiger partial charge >= 0.3 is 23.9 Å². The SMILES string of the molecule is O=C(O)COCCOCC(COCCOCC(=O)O)(COCCOCC(=O)O)COCCOCC(=O)O. The van der Waals surface area contributed by atoms with Crippen LogP contribution in [0.5, 0.6) is 0 Å². The second-order valence-corrected chi connectivity index (χ2v) is 7.50. The lowest BCUT2D eigenvalue weighted by Crippen LogP contribution is -2.43. The highest BCUT2D eigenvalue weighted by Gasteiger charge is 2.32. The van der Waals surface area contributed by atoms with Crippen molar-refractivity contribution in [2.75, 3.05) is 106 Å². The largest absolute Gasteiger partial charge is 0.480 e. The zero-order chi connectivity index (χ0) is 27.8. The highest BCUT2D eigenvalue weighted by atomic mass is 16.6. The molecule has 0 aliphatic heterocycles. The number of rotatable bonds is 28. The van der Waals surface area contributed by atoms with Crippen LogP contribution >= 0.6 is 0 Å². The van der Waals surface area contributed by atoms with E-state index in [2.05, 4.69) is 0 Å². The van der Waals surface area contributed by atoms with Gasteiger partial charge in [-0.1, -0.05) is 0 Å². The minimum absolute atomic E-state index is 0.0139. The summed E-state index contributed by atoms with van der Waals surface area (Å²) in [6.45, 7) is -1.56. The molecule has 0 unspecified atom stereocenters.